The number of hydrogen-bond donors (Lipinski definition) is 1. The molecule has 9 nitrogen and oxygen atoms in total. The zero-order valence-electron chi connectivity index (χ0n) is 29.8. The van der Waals surface area contributed by atoms with E-state index in [9.17, 15) is 13.2 Å². The van der Waals surface area contributed by atoms with Gasteiger partial charge in [-0.15, -0.1) is 0 Å². The van der Waals surface area contributed by atoms with Crippen LogP contribution in [0, 0.1) is 17.8 Å². The highest BCUT2D eigenvalue weighted by molar-refractivity contribution is 7.90. The third-order valence-corrected chi connectivity index (χ3v) is 13.9. The number of ether oxygens (including phenoxy) is 2. The minimum atomic E-state index is -3.94. The molecule has 0 unspecified atom stereocenters. The van der Waals surface area contributed by atoms with E-state index in [0.29, 0.717) is 55.9 Å². The predicted octanol–water partition coefficient (Wildman–Crippen LogP) is 6.80. The molecule has 7 rings (SSSR count). The van der Waals surface area contributed by atoms with Gasteiger partial charge in [0.2, 0.25) is 10.0 Å². The first-order valence-electron chi connectivity index (χ1n) is 18.3. The van der Waals surface area contributed by atoms with Crippen LogP contribution in [0.25, 0.3) is 0 Å². The number of amides is 1. The van der Waals surface area contributed by atoms with Crippen molar-refractivity contribution in [3.8, 4) is 5.75 Å². The summed E-state index contributed by atoms with van der Waals surface area (Å²) < 4.78 is 42.6. The standard InChI is InChI=1S/C40H49ClN4O5S/c1-27-8-6-10-36(49-21-20-44(3)38-11-4-5-19-42-38)33-15-12-31(33)24-45-25-40(18-7-9-29-22-32(41)14-16-34(29)40)26-50-37-17-13-30(23-35(37)45)39(46)43-51(47,48)28(27)2/h4-6,10-11,13-14,16-17,19,22-23,27-28,31,33,36H,7-9,12,15,18,20-21,24-26H2,1-3H3,(H,43,46)/b10-6+/t27-,28+,31-,33+,36-,40-/m0/s1. The van der Waals surface area contributed by atoms with Crippen molar-refractivity contribution in [2.45, 2.75) is 69.1 Å². The Morgan fingerprint density at radius 2 is 2.00 bits per heavy atom. The summed E-state index contributed by atoms with van der Waals surface area (Å²) in [7, 11) is -1.92. The van der Waals surface area contributed by atoms with Gasteiger partial charge in [-0.1, -0.05) is 42.8 Å². The highest BCUT2D eigenvalue weighted by Crippen LogP contribution is 2.47. The van der Waals surface area contributed by atoms with Crippen molar-refractivity contribution < 1.29 is 22.7 Å². The minimum absolute atomic E-state index is 0.117. The van der Waals surface area contributed by atoms with Crippen molar-refractivity contribution in [1.82, 2.24) is 9.71 Å². The largest absolute Gasteiger partial charge is 0.490 e. The number of nitrogens with one attached hydrogen (secondary N) is 1. The molecule has 0 saturated heterocycles. The van der Waals surface area contributed by atoms with Gasteiger partial charge in [-0.05, 0) is 117 Å². The molecule has 4 aliphatic rings. The Balaban J connectivity index is 1.23. The van der Waals surface area contributed by atoms with Crippen LogP contribution in [-0.2, 0) is 26.6 Å². The normalized spacial score (nSPS) is 29.4. The maximum absolute atomic E-state index is 13.5. The van der Waals surface area contributed by atoms with E-state index in [4.69, 9.17) is 21.1 Å². The summed E-state index contributed by atoms with van der Waals surface area (Å²) in [5.74, 6) is 1.41. The molecule has 272 valence electrons. The van der Waals surface area contributed by atoms with E-state index in [-0.39, 0.29) is 17.4 Å². The summed E-state index contributed by atoms with van der Waals surface area (Å²) in [6.45, 7) is 6.79. The molecule has 1 N–H and O–H groups in total. The fraction of sp³-hybridized carbons (Fsp3) is 0.500. The number of nitrogens with zero attached hydrogens (tertiary/aromatic N) is 3. The van der Waals surface area contributed by atoms with Gasteiger partial charge in [-0.3, -0.25) is 4.79 Å². The summed E-state index contributed by atoms with van der Waals surface area (Å²) in [6.07, 6.45) is 11.6. The molecule has 1 aromatic heterocycles. The van der Waals surface area contributed by atoms with Crippen LogP contribution in [0.3, 0.4) is 0 Å². The van der Waals surface area contributed by atoms with Crippen LogP contribution in [0.15, 0.2) is 72.9 Å². The summed E-state index contributed by atoms with van der Waals surface area (Å²) in [5.41, 5.74) is 3.40. The monoisotopic (exact) mass is 732 g/mol. The second-order valence-corrected chi connectivity index (χ2v) is 17.5. The molecule has 2 aromatic carbocycles. The summed E-state index contributed by atoms with van der Waals surface area (Å²) in [6, 6.07) is 17.4. The molecule has 2 aliphatic heterocycles. The van der Waals surface area contributed by atoms with Crippen molar-refractivity contribution in [1.29, 1.82) is 0 Å². The van der Waals surface area contributed by atoms with E-state index in [1.807, 2.05) is 50.4 Å². The summed E-state index contributed by atoms with van der Waals surface area (Å²) >= 11 is 6.47. The van der Waals surface area contributed by atoms with E-state index in [1.165, 1.54) is 11.1 Å². The molecule has 1 saturated carbocycles. The Kier molecular flexibility index (Phi) is 10.4. The molecule has 1 amide bonds. The highest BCUT2D eigenvalue weighted by atomic mass is 35.5. The van der Waals surface area contributed by atoms with Crippen molar-refractivity contribution in [2.75, 3.05) is 49.7 Å². The molecule has 2 bridgehead atoms. The number of fused-ring (bicyclic) bond motifs is 4. The molecular formula is C40H49ClN4O5S. The Hall–Kier alpha value is -3.60. The average molecular weight is 733 g/mol. The molecule has 2 aliphatic carbocycles. The lowest BCUT2D eigenvalue weighted by Gasteiger charge is -2.46. The van der Waals surface area contributed by atoms with Gasteiger partial charge in [-0.2, -0.15) is 0 Å². The molecule has 1 fully saturated rings. The molecule has 0 radical (unpaired) electrons. The van der Waals surface area contributed by atoms with Gasteiger partial charge in [0.1, 0.15) is 11.6 Å². The van der Waals surface area contributed by atoms with E-state index in [0.717, 1.165) is 55.2 Å². The van der Waals surface area contributed by atoms with Crippen LogP contribution in [0.2, 0.25) is 5.02 Å². The van der Waals surface area contributed by atoms with Gasteiger partial charge in [0, 0.05) is 48.9 Å². The van der Waals surface area contributed by atoms with Gasteiger partial charge in [-0.25, -0.2) is 18.1 Å². The first-order valence-corrected chi connectivity index (χ1v) is 20.2. The Morgan fingerprint density at radius 1 is 1.14 bits per heavy atom. The number of carbonyl (C=O) groups is 1. The zero-order chi connectivity index (χ0) is 35.8. The van der Waals surface area contributed by atoms with Gasteiger partial charge in [0.05, 0.1) is 30.3 Å². The molecule has 6 atom stereocenters. The number of allylic oxidation sites excluding steroid dienone is 1. The van der Waals surface area contributed by atoms with Crippen LogP contribution in [-0.4, -0.2) is 70.6 Å². The minimum Gasteiger partial charge on any atom is -0.490 e. The molecule has 51 heavy (non-hydrogen) atoms. The number of aryl methyl sites for hydroxylation is 1. The highest BCUT2D eigenvalue weighted by Gasteiger charge is 2.44. The molecular weight excluding hydrogens is 684 g/mol. The van der Waals surface area contributed by atoms with Crippen molar-refractivity contribution in [2.24, 2.45) is 17.8 Å². The lowest BCUT2D eigenvalue weighted by atomic mass is 9.68. The van der Waals surface area contributed by atoms with E-state index in [1.54, 1.807) is 19.2 Å². The smallest absolute Gasteiger partial charge is 0.264 e. The summed E-state index contributed by atoms with van der Waals surface area (Å²) in [4.78, 5) is 22.5. The van der Waals surface area contributed by atoms with Gasteiger partial charge >= 0.3 is 0 Å². The van der Waals surface area contributed by atoms with E-state index >= 15 is 0 Å². The number of carbonyl (C=O) groups excluding carboxylic acids is 1. The van der Waals surface area contributed by atoms with Crippen LogP contribution in [0.4, 0.5) is 11.5 Å². The lowest BCUT2D eigenvalue weighted by Crippen LogP contribution is -2.50. The Morgan fingerprint density at radius 3 is 2.78 bits per heavy atom. The first kappa shape index (κ1) is 35.8. The topological polar surface area (TPSA) is 101 Å². The SMILES string of the molecule is C[C@@H]1[C@@H](C)C/C=C/[C@H](OCCN(C)c2ccccn2)[C@@H]2CC[C@H]2CN2C[C@@]3(CCCc4cc(Cl)ccc43)COc3ccc(cc32)C(=O)NS1(=O)=O. The number of likely N-dealkylation sites (N-methyl/N-ethyl adjacent to an activating group) is 1. The average Bonchev–Trinajstić information content (AvgIpc) is 3.25. The first-order chi connectivity index (χ1) is 24.5. The molecule has 3 aromatic rings. The van der Waals surface area contributed by atoms with Gasteiger partial charge < -0.3 is 19.3 Å². The van der Waals surface area contributed by atoms with Gasteiger partial charge in [0.15, 0.2) is 0 Å². The van der Waals surface area contributed by atoms with Crippen molar-refractivity contribution in [3.05, 3.63) is 94.7 Å². The quantitative estimate of drug-likeness (QED) is 0.286. The van der Waals surface area contributed by atoms with Crippen LogP contribution in [0.1, 0.15) is 67.4 Å². The van der Waals surface area contributed by atoms with Crippen molar-refractivity contribution in [3.63, 3.8) is 0 Å². The maximum atomic E-state index is 13.5. The number of benzene rings is 2. The predicted molar refractivity (Wildman–Crippen MR) is 202 cm³/mol. The third-order valence-electron chi connectivity index (χ3n) is 11.8. The number of aromatic nitrogens is 1. The number of anilines is 2. The number of hydrogen-bond acceptors (Lipinski definition) is 8. The number of pyridine rings is 1. The fourth-order valence-corrected chi connectivity index (χ4v) is 9.82. The molecule has 1 spiro atoms. The second-order valence-electron chi connectivity index (χ2n) is 15.1. The Bertz CT molecular complexity index is 1870. The number of sulfonamides is 1. The third kappa shape index (κ3) is 7.50. The zero-order valence-corrected chi connectivity index (χ0v) is 31.3. The van der Waals surface area contributed by atoms with Crippen LogP contribution in [0.5, 0.6) is 5.75 Å². The van der Waals surface area contributed by atoms with E-state index < -0.39 is 21.2 Å². The Labute approximate surface area is 307 Å². The maximum Gasteiger partial charge on any atom is 0.264 e. The second kappa shape index (κ2) is 14.8. The number of rotatable bonds is 5. The summed E-state index contributed by atoms with van der Waals surface area (Å²) in [5, 5.41) is -0.0344. The fourth-order valence-electron chi connectivity index (χ4n) is 8.34. The van der Waals surface area contributed by atoms with Crippen LogP contribution < -0.4 is 19.3 Å². The lowest BCUT2D eigenvalue weighted by molar-refractivity contribution is -0.0110. The van der Waals surface area contributed by atoms with Gasteiger partial charge in [0.25, 0.3) is 5.91 Å². The molecule has 3 heterocycles. The van der Waals surface area contributed by atoms with Crippen LogP contribution >= 0.6 is 11.6 Å². The van der Waals surface area contributed by atoms with E-state index in [2.05, 4.69) is 43.8 Å². The molecule has 11 heteroatoms. The van der Waals surface area contributed by atoms with Crippen molar-refractivity contribution >= 4 is 39.0 Å². The number of halogens is 1.